The Morgan fingerprint density at radius 1 is 1.32 bits per heavy atom. The molecule has 3 heterocycles. The Kier molecular flexibility index (Phi) is 4.21. The van der Waals surface area contributed by atoms with Crippen LogP contribution < -0.4 is 5.73 Å². The highest BCUT2D eigenvalue weighted by molar-refractivity contribution is 7.19. The molecule has 3 aromatic heterocycles. The second kappa shape index (κ2) is 6.38. The molecule has 0 spiro atoms. The molecular formula is C18H23N5OS. The van der Waals surface area contributed by atoms with E-state index >= 15 is 0 Å². The van der Waals surface area contributed by atoms with Gasteiger partial charge in [-0.3, -0.25) is 0 Å². The predicted octanol–water partition coefficient (Wildman–Crippen LogP) is 3.20. The molecule has 0 bridgehead atoms. The van der Waals surface area contributed by atoms with E-state index < -0.39 is 0 Å². The molecule has 132 valence electrons. The van der Waals surface area contributed by atoms with Crippen molar-refractivity contribution in [3.05, 3.63) is 22.8 Å². The minimum absolute atomic E-state index is 0.546. The van der Waals surface area contributed by atoms with Crippen molar-refractivity contribution in [2.24, 2.45) is 18.9 Å². The zero-order valence-electron chi connectivity index (χ0n) is 14.8. The number of rotatable bonds is 5. The van der Waals surface area contributed by atoms with Gasteiger partial charge in [-0.2, -0.15) is 0 Å². The molecule has 7 heteroatoms. The van der Waals surface area contributed by atoms with Crippen LogP contribution >= 0.6 is 11.3 Å². The summed E-state index contributed by atoms with van der Waals surface area (Å²) < 4.78 is 7.25. The first-order chi connectivity index (χ1) is 12.1. The number of hydrogen-bond acceptors (Lipinski definition) is 6. The number of ether oxygens (including phenoxy) is 1. The summed E-state index contributed by atoms with van der Waals surface area (Å²) in [5, 5.41) is 1.00. The molecule has 25 heavy (non-hydrogen) atoms. The number of imidazole rings is 1. The van der Waals surface area contributed by atoms with Gasteiger partial charge in [0.2, 0.25) is 0 Å². The van der Waals surface area contributed by atoms with Gasteiger partial charge in [0.1, 0.15) is 10.6 Å². The number of hydrogen-bond donors (Lipinski definition) is 1. The summed E-state index contributed by atoms with van der Waals surface area (Å²) in [5.41, 5.74) is 7.51. The van der Waals surface area contributed by atoms with Crippen LogP contribution in [0.15, 0.2) is 12.4 Å². The van der Waals surface area contributed by atoms with E-state index in [9.17, 15) is 0 Å². The Hall–Kier alpha value is -1.99. The van der Waals surface area contributed by atoms with Gasteiger partial charge >= 0.3 is 0 Å². The van der Waals surface area contributed by atoms with Gasteiger partial charge in [0.25, 0.3) is 0 Å². The highest BCUT2D eigenvalue weighted by Gasteiger charge is 2.32. The summed E-state index contributed by atoms with van der Waals surface area (Å²) in [7, 11) is 3.72. The lowest BCUT2D eigenvalue weighted by molar-refractivity contribution is 0.0603. The standard InChI is InChI=1S/C18H23N5OS/c1-10-13(8-11-4-5-12(11)9-24-3)25-18-14(10)15(19)21-16(22-18)17-20-6-7-23(17)2/h6-7,11-12H,4-5,8-9H2,1-3H3,(H2,19,21,22)/t11-,12-/m0/s1. The van der Waals surface area contributed by atoms with Crippen LogP contribution in [-0.2, 0) is 18.2 Å². The molecule has 1 aliphatic rings. The Morgan fingerprint density at radius 3 is 2.76 bits per heavy atom. The molecular weight excluding hydrogens is 334 g/mol. The fourth-order valence-corrected chi connectivity index (χ4v) is 4.95. The minimum atomic E-state index is 0.546. The molecule has 6 nitrogen and oxygen atoms in total. The van der Waals surface area contributed by atoms with Crippen molar-refractivity contribution in [3.63, 3.8) is 0 Å². The number of aryl methyl sites for hydroxylation is 2. The Bertz CT molecular complexity index is 916. The molecule has 0 aliphatic heterocycles. The van der Waals surface area contributed by atoms with Gasteiger partial charge in [-0.05, 0) is 43.6 Å². The van der Waals surface area contributed by atoms with Crippen LogP contribution in [0.25, 0.3) is 21.9 Å². The summed E-state index contributed by atoms with van der Waals surface area (Å²) in [6.07, 6.45) is 7.26. The van der Waals surface area contributed by atoms with E-state index in [1.54, 1.807) is 24.6 Å². The van der Waals surface area contributed by atoms with Gasteiger partial charge in [-0.15, -0.1) is 11.3 Å². The van der Waals surface area contributed by atoms with Crippen molar-refractivity contribution in [2.75, 3.05) is 19.5 Å². The van der Waals surface area contributed by atoms with Crippen molar-refractivity contribution in [3.8, 4) is 11.6 Å². The maximum absolute atomic E-state index is 6.28. The van der Waals surface area contributed by atoms with E-state index in [1.165, 1.54) is 23.3 Å². The Labute approximate surface area is 151 Å². The molecule has 0 unspecified atom stereocenters. The first-order valence-corrected chi connectivity index (χ1v) is 9.42. The third-order valence-corrected chi connectivity index (χ3v) is 6.55. The normalized spacial score (nSPS) is 20.1. The van der Waals surface area contributed by atoms with Crippen LogP contribution in [-0.4, -0.2) is 33.2 Å². The zero-order chi connectivity index (χ0) is 17.6. The molecule has 2 atom stereocenters. The lowest BCUT2D eigenvalue weighted by atomic mass is 9.72. The van der Waals surface area contributed by atoms with Crippen LogP contribution in [0.3, 0.4) is 0 Å². The molecule has 0 radical (unpaired) electrons. The summed E-state index contributed by atoms with van der Waals surface area (Å²) in [5.74, 6) is 3.26. The van der Waals surface area contributed by atoms with Crippen molar-refractivity contribution in [2.45, 2.75) is 26.2 Å². The topological polar surface area (TPSA) is 78.9 Å². The summed E-state index contributed by atoms with van der Waals surface area (Å²) >= 11 is 1.74. The number of nitrogens with zero attached hydrogens (tertiary/aromatic N) is 4. The highest BCUT2D eigenvalue weighted by atomic mass is 32.1. The number of aromatic nitrogens is 4. The maximum atomic E-state index is 6.28. The summed E-state index contributed by atoms with van der Waals surface area (Å²) in [6, 6.07) is 0. The molecule has 0 saturated heterocycles. The smallest absolute Gasteiger partial charge is 0.199 e. The number of nitrogens with two attached hydrogens (primary N) is 1. The first-order valence-electron chi connectivity index (χ1n) is 8.60. The monoisotopic (exact) mass is 357 g/mol. The van der Waals surface area contributed by atoms with Gasteiger partial charge in [-0.25, -0.2) is 15.0 Å². The number of thiophene rings is 1. The Morgan fingerprint density at radius 2 is 2.12 bits per heavy atom. The van der Waals surface area contributed by atoms with Crippen LogP contribution in [0, 0.1) is 18.8 Å². The predicted molar refractivity (Wildman–Crippen MR) is 101 cm³/mol. The lowest BCUT2D eigenvalue weighted by Crippen LogP contribution is -2.31. The Balaban J connectivity index is 1.69. The SMILES string of the molecule is COC[C@@H]1CC[C@H]1Cc1sc2nc(-c3nccn3C)nc(N)c2c1C. The average Bonchev–Trinajstić information content (AvgIpc) is 3.13. The third-order valence-electron chi connectivity index (χ3n) is 5.34. The molecule has 1 fully saturated rings. The highest BCUT2D eigenvalue weighted by Crippen LogP contribution is 2.41. The van der Waals surface area contributed by atoms with Gasteiger partial charge < -0.3 is 15.0 Å². The largest absolute Gasteiger partial charge is 0.384 e. The quantitative estimate of drug-likeness (QED) is 0.758. The van der Waals surface area contributed by atoms with Gasteiger partial charge in [-0.1, -0.05) is 0 Å². The number of nitrogen functional groups attached to an aromatic ring is 1. The van der Waals surface area contributed by atoms with Crippen LogP contribution in [0.1, 0.15) is 23.3 Å². The average molecular weight is 357 g/mol. The van der Waals surface area contributed by atoms with E-state index in [0.717, 1.165) is 29.1 Å². The van der Waals surface area contributed by atoms with E-state index in [-0.39, 0.29) is 0 Å². The van der Waals surface area contributed by atoms with Crippen molar-refractivity contribution < 1.29 is 4.74 Å². The van der Waals surface area contributed by atoms with Crippen molar-refractivity contribution in [1.82, 2.24) is 19.5 Å². The summed E-state index contributed by atoms with van der Waals surface area (Å²) in [4.78, 5) is 15.9. The van der Waals surface area contributed by atoms with Gasteiger partial charge in [0.15, 0.2) is 11.6 Å². The van der Waals surface area contributed by atoms with Crippen molar-refractivity contribution >= 4 is 27.4 Å². The van der Waals surface area contributed by atoms with E-state index in [4.69, 9.17) is 15.5 Å². The van der Waals surface area contributed by atoms with Crippen LogP contribution in [0.4, 0.5) is 5.82 Å². The van der Waals surface area contributed by atoms with Gasteiger partial charge in [0, 0.05) is 38.0 Å². The zero-order valence-corrected chi connectivity index (χ0v) is 15.6. The number of methoxy groups -OCH3 is 1. The van der Waals surface area contributed by atoms with E-state index in [2.05, 4.69) is 16.9 Å². The van der Waals surface area contributed by atoms with Crippen LogP contribution in [0.2, 0.25) is 0 Å². The van der Waals surface area contributed by atoms with E-state index in [1.807, 2.05) is 17.8 Å². The molecule has 1 saturated carbocycles. The lowest BCUT2D eigenvalue weighted by Gasteiger charge is -2.36. The number of anilines is 1. The van der Waals surface area contributed by atoms with Crippen molar-refractivity contribution in [1.29, 1.82) is 0 Å². The third kappa shape index (κ3) is 2.81. The molecule has 0 aromatic carbocycles. The summed E-state index contributed by atoms with van der Waals surface area (Å²) in [6.45, 7) is 3.00. The molecule has 3 aromatic rings. The number of fused-ring (bicyclic) bond motifs is 1. The maximum Gasteiger partial charge on any atom is 0.199 e. The molecule has 0 amide bonds. The second-order valence-electron chi connectivity index (χ2n) is 6.88. The fraction of sp³-hybridized carbons (Fsp3) is 0.500. The molecule has 4 rings (SSSR count). The van der Waals surface area contributed by atoms with E-state index in [0.29, 0.717) is 23.5 Å². The van der Waals surface area contributed by atoms with Gasteiger partial charge in [0.05, 0.1) is 5.39 Å². The minimum Gasteiger partial charge on any atom is -0.384 e. The first kappa shape index (κ1) is 16.5. The second-order valence-corrected chi connectivity index (χ2v) is 7.97. The fourth-order valence-electron chi connectivity index (χ4n) is 3.67. The molecule has 2 N–H and O–H groups in total. The van der Waals surface area contributed by atoms with Crippen LogP contribution in [0.5, 0.6) is 0 Å². The molecule has 1 aliphatic carbocycles.